The smallest absolute Gasteiger partial charge is 0.189 e. The Morgan fingerprint density at radius 3 is 1.41 bits per heavy atom. The van der Waals surface area contributed by atoms with Crippen molar-refractivity contribution in [3.05, 3.63) is 103 Å². The Balaban J connectivity index is 1.87. The molecule has 0 saturated carbocycles. The minimum atomic E-state index is -0.590. The van der Waals surface area contributed by atoms with Gasteiger partial charge in [0, 0.05) is 26.2 Å². The zero-order valence-electron chi connectivity index (χ0n) is 16.2. The summed E-state index contributed by atoms with van der Waals surface area (Å²) in [4.78, 5) is 25.2. The number of allylic oxidation sites excluding steroid dienone is 2. The van der Waals surface area contributed by atoms with Gasteiger partial charge in [0.05, 0.1) is 11.1 Å². The fourth-order valence-electron chi connectivity index (χ4n) is 2.76. The number of carbonyl (C=O) groups is 2. The fourth-order valence-corrected chi connectivity index (χ4v) is 3.70. The second-order valence-corrected chi connectivity index (χ2v) is 8.30. The third-order valence-corrected chi connectivity index (χ3v) is 5.52. The van der Waals surface area contributed by atoms with Crippen molar-refractivity contribution in [1.82, 2.24) is 0 Å². The van der Waals surface area contributed by atoms with Crippen LogP contribution in [-0.4, -0.2) is 21.8 Å². The van der Waals surface area contributed by atoms with Crippen LogP contribution in [0.25, 0.3) is 12.2 Å². The van der Waals surface area contributed by atoms with Gasteiger partial charge in [-0.2, -0.15) is 0 Å². The standard InChI is InChI=1S/C24H14Cl4O4/c25-15-5-1-13(19(27)9-15)3-7-21(29)17-11-18(24(32)12-23(17)31)22(30)8-4-14-2-6-16(26)10-20(14)28/h1-12,31-32H/b7-3+,8-4+. The van der Waals surface area contributed by atoms with E-state index in [1.54, 1.807) is 24.3 Å². The maximum absolute atomic E-state index is 12.6. The molecule has 3 aromatic rings. The number of ketones is 2. The molecule has 0 aliphatic rings. The number of hydrogen-bond donors (Lipinski definition) is 2. The Morgan fingerprint density at radius 2 is 1.03 bits per heavy atom. The van der Waals surface area contributed by atoms with E-state index in [2.05, 4.69) is 0 Å². The van der Waals surface area contributed by atoms with Crippen molar-refractivity contribution in [3.63, 3.8) is 0 Å². The molecule has 0 aliphatic heterocycles. The van der Waals surface area contributed by atoms with Gasteiger partial charge < -0.3 is 10.2 Å². The molecule has 0 atom stereocenters. The fraction of sp³-hybridized carbons (Fsp3) is 0. The summed E-state index contributed by atoms with van der Waals surface area (Å²) in [6, 6.07) is 11.6. The number of rotatable bonds is 6. The van der Waals surface area contributed by atoms with Crippen molar-refractivity contribution in [2.75, 3.05) is 0 Å². The molecule has 0 radical (unpaired) electrons. The van der Waals surface area contributed by atoms with Gasteiger partial charge >= 0.3 is 0 Å². The summed E-state index contributed by atoms with van der Waals surface area (Å²) in [5, 5.41) is 21.8. The second kappa shape index (κ2) is 10.2. The third kappa shape index (κ3) is 5.72. The van der Waals surface area contributed by atoms with Crippen LogP contribution in [0.1, 0.15) is 31.8 Å². The van der Waals surface area contributed by atoms with E-state index in [1.807, 2.05) is 0 Å². The van der Waals surface area contributed by atoms with Crippen LogP contribution in [0.15, 0.2) is 60.7 Å². The molecule has 0 amide bonds. The molecule has 0 bridgehead atoms. The van der Waals surface area contributed by atoms with E-state index in [1.165, 1.54) is 36.4 Å². The Kier molecular flexibility index (Phi) is 7.64. The van der Waals surface area contributed by atoms with Crippen LogP contribution in [0, 0.1) is 0 Å². The Labute approximate surface area is 203 Å². The van der Waals surface area contributed by atoms with Gasteiger partial charge in [0.2, 0.25) is 0 Å². The molecule has 0 heterocycles. The molecule has 0 saturated heterocycles. The summed E-state index contributed by atoms with van der Waals surface area (Å²) in [7, 11) is 0. The monoisotopic (exact) mass is 506 g/mol. The first kappa shape index (κ1) is 23.9. The molecule has 3 aromatic carbocycles. The van der Waals surface area contributed by atoms with Gasteiger partial charge in [-0.1, -0.05) is 58.5 Å². The van der Waals surface area contributed by atoms with Crippen LogP contribution < -0.4 is 0 Å². The molecule has 8 heteroatoms. The van der Waals surface area contributed by atoms with Gasteiger partial charge in [0.15, 0.2) is 11.6 Å². The Hall–Kier alpha value is -2.76. The van der Waals surface area contributed by atoms with E-state index in [0.29, 0.717) is 31.2 Å². The largest absolute Gasteiger partial charge is 0.507 e. The number of benzene rings is 3. The van der Waals surface area contributed by atoms with Crippen molar-refractivity contribution in [3.8, 4) is 11.5 Å². The van der Waals surface area contributed by atoms with Crippen LogP contribution in [0.4, 0.5) is 0 Å². The normalized spacial score (nSPS) is 11.4. The summed E-state index contributed by atoms with van der Waals surface area (Å²) in [6.07, 6.45) is 5.30. The topological polar surface area (TPSA) is 74.6 Å². The van der Waals surface area contributed by atoms with E-state index < -0.39 is 23.1 Å². The predicted octanol–water partition coefficient (Wildman–Crippen LogP) is 7.50. The van der Waals surface area contributed by atoms with Gasteiger partial charge in [-0.3, -0.25) is 9.59 Å². The lowest BCUT2D eigenvalue weighted by atomic mass is 10.0. The molecule has 0 aliphatic carbocycles. The van der Waals surface area contributed by atoms with Crippen LogP contribution in [0.3, 0.4) is 0 Å². The number of phenols is 2. The Bertz CT molecular complexity index is 1180. The molecule has 162 valence electrons. The number of hydrogen-bond acceptors (Lipinski definition) is 4. The lowest BCUT2D eigenvalue weighted by molar-refractivity contribution is 0.104. The molecule has 0 spiro atoms. The van der Waals surface area contributed by atoms with Crippen molar-refractivity contribution in [2.45, 2.75) is 0 Å². The number of halogens is 4. The minimum Gasteiger partial charge on any atom is -0.507 e. The lowest BCUT2D eigenvalue weighted by Gasteiger charge is -2.07. The van der Waals surface area contributed by atoms with E-state index in [-0.39, 0.29) is 11.1 Å². The van der Waals surface area contributed by atoms with Crippen molar-refractivity contribution in [1.29, 1.82) is 0 Å². The van der Waals surface area contributed by atoms with Crippen LogP contribution >= 0.6 is 46.4 Å². The molecule has 0 aromatic heterocycles. The van der Waals surface area contributed by atoms with Crippen molar-refractivity contribution in [2.24, 2.45) is 0 Å². The van der Waals surface area contributed by atoms with E-state index in [9.17, 15) is 19.8 Å². The number of carbonyl (C=O) groups excluding carboxylic acids is 2. The zero-order valence-corrected chi connectivity index (χ0v) is 19.2. The van der Waals surface area contributed by atoms with Crippen LogP contribution in [0.5, 0.6) is 11.5 Å². The second-order valence-electron chi connectivity index (χ2n) is 6.61. The van der Waals surface area contributed by atoms with Gasteiger partial charge in [-0.25, -0.2) is 0 Å². The van der Waals surface area contributed by atoms with Crippen molar-refractivity contribution >= 4 is 70.1 Å². The predicted molar refractivity (Wildman–Crippen MR) is 129 cm³/mol. The van der Waals surface area contributed by atoms with Crippen LogP contribution in [-0.2, 0) is 0 Å². The van der Waals surface area contributed by atoms with Crippen LogP contribution in [0.2, 0.25) is 20.1 Å². The molecular formula is C24H14Cl4O4. The number of aromatic hydroxyl groups is 2. The first-order chi connectivity index (χ1) is 15.2. The summed E-state index contributed by atoms with van der Waals surface area (Å²) in [6.45, 7) is 0. The molecule has 2 N–H and O–H groups in total. The first-order valence-corrected chi connectivity index (χ1v) is 10.6. The highest BCUT2D eigenvalue weighted by atomic mass is 35.5. The highest BCUT2D eigenvalue weighted by molar-refractivity contribution is 6.36. The summed E-state index contributed by atoms with van der Waals surface area (Å²) in [5.74, 6) is -2.12. The maximum Gasteiger partial charge on any atom is 0.189 e. The molecule has 32 heavy (non-hydrogen) atoms. The van der Waals surface area contributed by atoms with Gasteiger partial charge in [0.1, 0.15) is 11.5 Å². The SMILES string of the molecule is O=C(/C=C/c1ccc(Cl)cc1Cl)c1cc(C(=O)/C=C/c2ccc(Cl)cc2Cl)c(O)cc1O. The maximum atomic E-state index is 12.6. The molecule has 3 rings (SSSR count). The summed E-state index contributed by atoms with van der Waals surface area (Å²) >= 11 is 23.9. The summed E-state index contributed by atoms with van der Waals surface area (Å²) < 4.78 is 0. The van der Waals surface area contributed by atoms with Gasteiger partial charge in [-0.15, -0.1) is 0 Å². The summed E-state index contributed by atoms with van der Waals surface area (Å²) in [5.41, 5.74) is 0.763. The third-order valence-electron chi connectivity index (χ3n) is 4.40. The quantitative estimate of drug-likeness (QED) is 0.267. The highest BCUT2D eigenvalue weighted by Gasteiger charge is 2.17. The number of phenolic OH excluding ortho intramolecular Hbond substituents is 2. The first-order valence-electron chi connectivity index (χ1n) is 9.06. The Morgan fingerprint density at radius 1 is 0.625 bits per heavy atom. The average molecular weight is 508 g/mol. The zero-order chi connectivity index (χ0) is 23.4. The molecule has 0 unspecified atom stereocenters. The average Bonchev–Trinajstić information content (AvgIpc) is 2.72. The lowest BCUT2D eigenvalue weighted by Crippen LogP contribution is -2.01. The van der Waals surface area contributed by atoms with E-state index in [4.69, 9.17) is 46.4 Å². The minimum absolute atomic E-state index is 0.162. The van der Waals surface area contributed by atoms with Gasteiger partial charge in [-0.05, 0) is 65.8 Å². The molecule has 0 fully saturated rings. The van der Waals surface area contributed by atoms with Crippen molar-refractivity contribution < 1.29 is 19.8 Å². The highest BCUT2D eigenvalue weighted by Crippen LogP contribution is 2.30. The van der Waals surface area contributed by atoms with E-state index >= 15 is 0 Å². The molecule has 4 nitrogen and oxygen atoms in total. The molecular weight excluding hydrogens is 494 g/mol. The van der Waals surface area contributed by atoms with E-state index in [0.717, 1.165) is 12.1 Å². The van der Waals surface area contributed by atoms with Gasteiger partial charge in [0.25, 0.3) is 0 Å².